The summed E-state index contributed by atoms with van der Waals surface area (Å²) in [6, 6.07) is 3.69. The third-order valence-corrected chi connectivity index (χ3v) is 4.22. The van der Waals surface area contributed by atoms with Gasteiger partial charge in [0, 0.05) is 38.9 Å². The van der Waals surface area contributed by atoms with E-state index >= 15 is 0 Å². The Morgan fingerprint density at radius 2 is 2.21 bits per heavy atom. The molecule has 1 radical (unpaired) electrons. The molecule has 0 aliphatic carbocycles. The maximum atomic E-state index is 12.4. The molecule has 2 amide bonds. The number of amides is 2. The Labute approximate surface area is 170 Å². The molecule has 1 N–H and O–H groups in total. The molecule has 0 unspecified atom stereocenters. The number of hydrogen-bond donors (Lipinski definition) is 1. The molecule has 125 valence electrons. The minimum absolute atomic E-state index is 0. The van der Waals surface area contributed by atoms with Crippen LogP contribution in [0.25, 0.3) is 10.3 Å². The number of rotatable bonds is 3. The Morgan fingerprint density at radius 1 is 1.46 bits per heavy atom. The van der Waals surface area contributed by atoms with Crippen LogP contribution in [0.1, 0.15) is 30.1 Å². The molecule has 0 spiro atoms. The van der Waals surface area contributed by atoms with Crippen molar-refractivity contribution in [2.24, 2.45) is 0 Å². The average Bonchev–Trinajstić information content (AvgIpc) is 3.23. The molecular weight excluding hydrogens is 401 g/mol. The Kier molecular flexibility index (Phi) is 8.52. The second-order valence-corrected chi connectivity index (χ2v) is 5.59. The smallest absolute Gasteiger partial charge is 0.280 e. The van der Waals surface area contributed by atoms with Crippen molar-refractivity contribution in [2.75, 3.05) is 13.1 Å². The van der Waals surface area contributed by atoms with Crippen molar-refractivity contribution in [1.29, 1.82) is 0 Å². The number of hydrogen-bond acceptors (Lipinski definition) is 5. The fourth-order valence-corrected chi connectivity index (χ4v) is 3.07. The molecule has 0 bridgehead atoms. The number of likely N-dealkylation sites (tertiary alicyclic amines) is 1. The summed E-state index contributed by atoms with van der Waals surface area (Å²) in [5.74, 6) is 0.258. The second kappa shape index (κ2) is 9.86. The molecule has 0 saturated carbocycles. The van der Waals surface area contributed by atoms with Gasteiger partial charge >= 0.3 is 0 Å². The van der Waals surface area contributed by atoms with E-state index in [-0.39, 0.29) is 44.5 Å². The Hall–Kier alpha value is -1.31. The minimum Gasteiger partial charge on any atom is -0.521 e. The van der Waals surface area contributed by atoms with Crippen molar-refractivity contribution in [3.05, 3.63) is 42.0 Å². The molecule has 2 aromatic heterocycles. The Morgan fingerprint density at radius 3 is 2.88 bits per heavy atom. The molecule has 1 aliphatic heterocycles. The first-order chi connectivity index (χ1) is 11.2. The van der Waals surface area contributed by atoms with Gasteiger partial charge in [0.1, 0.15) is 0 Å². The van der Waals surface area contributed by atoms with E-state index in [1.165, 1.54) is 11.3 Å². The maximum Gasteiger partial charge on any atom is 0.280 e. The molecule has 3 heterocycles. The van der Waals surface area contributed by atoms with Crippen molar-refractivity contribution >= 4 is 33.5 Å². The van der Waals surface area contributed by atoms with Crippen molar-refractivity contribution in [3.8, 4) is 0 Å². The van der Waals surface area contributed by atoms with Crippen LogP contribution < -0.4 is 5.32 Å². The van der Waals surface area contributed by atoms with E-state index < -0.39 is 0 Å². The fraction of sp³-hybridized carbons (Fsp3) is 0.312. The molecule has 1 fully saturated rings. The van der Waals surface area contributed by atoms with Crippen molar-refractivity contribution < 1.29 is 42.3 Å². The number of carbonyl (C=O) groups excluding carboxylic acids is 2. The summed E-state index contributed by atoms with van der Waals surface area (Å²) in [7, 11) is 0. The van der Waals surface area contributed by atoms with Gasteiger partial charge < -0.3 is 20.9 Å². The number of thiazole rings is 1. The quantitative estimate of drug-likeness (QED) is 0.612. The Balaban J connectivity index is 0.000000925. The molecule has 0 atom stereocenters. The van der Waals surface area contributed by atoms with Crippen LogP contribution in [-0.2, 0) is 37.5 Å². The zero-order valence-corrected chi connectivity index (χ0v) is 17.4. The van der Waals surface area contributed by atoms with Gasteiger partial charge in [-0.1, -0.05) is 26.3 Å². The van der Waals surface area contributed by atoms with Crippen LogP contribution in [0.5, 0.6) is 0 Å². The van der Waals surface area contributed by atoms with Gasteiger partial charge in [0.05, 0.1) is 4.70 Å². The third-order valence-electron chi connectivity index (χ3n) is 3.22. The SMILES string of the molecule is C=[C-]NC(=O)[C-]1CCN(C(=O)c2nc3ncccc3s2)C1.CC.[Y]. The number of carbonyl (C=O) groups is 2. The monoisotopic (exact) mass is 419 g/mol. The van der Waals surface area contributed by atoms with Gasteiger partial charge in [-0.15, -0.1) is 11.3 Å². The molecule has 0 aromatic carbocycles. The normalized spacial score (nSPS) is 12.9. The summed E-state index contributed by atoms with van der Waals surface area (Å²) in [6.07, 6.45) is 4.55. The number of fused-ring (bicyclic) bond motifs is 1. The van der Waals surface area contributed by atoms with Crippen molar-refractivity contribution in [3.63, 3.8) is 0 Å². The van der Waals surface area contributed by atoms with E-state index in [2.05, 4.69) is 28.1 Å². The summed E-state index contributed by atoms with van der Waals surface area (Å²) in [5.41, 5.74) is 0.577. The largest absolute Gasteiger partial charge is 0.521 e. The first kappa shape index (κ1) is 20.7. The topological polar surface area (TPSA) is 75.2 Å². The van der Waals surface area contributed by atoms with Crippen LogP contribution in [-0.4, -0.2) is 39.8 Å². The minimum atomic E-state index is -0.230. The van der Waals surface area contributed by atoms with E-state index in [4.69, 9.17) is 0 Å². The van der Waals surface area contributed by atoms with Crippen LogP contribution >= 0.6 is 11.3 Å². The molecule has 2 aromatic rings. The predicted octanol–water partition coefficient (Wildman–Crippen LogP) is 2.20. The number of aromatic nitrogens is 2. The summed E-state index contributed by atoms with van der Waals surface area (Å²) < 4.78 is 0.878. The molecule has 1 saturated heterocycles. The zero-order chi connectivity index (χ0) is 16.8. The first-order valence-corrected chi connectivity index (χ1v) is 8.18. The van der Waals surface area contributed by atoms with Gasteiger partial charge in [0.2, 0.25) is 0 Å². The van der Waals surface area contributed by atoms with Crippen LogP contribution in [0.2, 0.25) is 0 Å². The standard InChI is InChI=1S/C14H12N4O2S.C2H6.Y/c1-2-15-12(19)9-5-7-18(8-9)14(20)13-17-11-10(21-13)4-3-6-16-11;1-2;/h3-4,6H,1,5,7-8H2,(H,15,19);1-2H3;/q-2;;. The molecule has 24 heavy (non-hydrogen) atoms. The molecule has 8 heteroatoms. The number of nitrogens with zero attached hydrogens (tertiary/aromatic N) is 3. The average molecular weight is 419 g/mol. The van der Waals surface area contributed by atoms with E-state index in [1.807, 2.05) is 26.0 Å². The van der Waals surface area contributed by atoms with E-state index in [0.717, 1.165) is 4.70 Å². The van der Waals surface area contributed by atoms with Crippen LogP contribution in [0.3, 0.4) is 0 Å². The van der Waals surface area contributed by atoms with Gasteiger partial charge in [0.15, 0.2) is 10.7 Å². The second-order valence-electron chi connectivity index (χ2n) is 4.56. The van der Waals surface area contributed by atoms with Gasteiger partial charge in [-0.3, -0.25) is 4.79 Å². The summed E-state index contributed by atoms with van der Waals surface area (Å²) >= 11 is 1.32. The zero-order valence-electron chi connectivity index (χ0n) is 13.7. The van der Waals surface area contributed by atoms with Gasteiger partial charge in [-0.05, 0) is 18.7 Å². The van der Waals surface area contributed by atoms with Gasteiger partial charge in [0.25, 0.3) is 5.91 Å². The van der Waals surface area contributed by atoms with E-state index in [0.29, 0.717) is 36.1 Å². The number of pyridine rings is 1. The third kappa shape index (κ3) is 4.62. The van der Waals surface area contributed by atoms with Crippen LogP contribution in [0.15, 0.2) is 24.9 Å². The van der Waals surface area contributed by atoms with Gasteiger partial charge in [-0.25, -0.2) is 9.97 Å². The summed E-state index contributed by atoms with van der Waals surface area (Å²) in [5, 5.41) is 2.81. The molecule has 3 rings (SSSR count). The first-order valence-electron chi connectivity index (χ1n) is 7.37. The van der Waals surface area contributed by atoms with Gasteiger partial charge in [-0.2, -0.15) is 19.2 Å². The van der Waals surface area contributed by atoms with Crippen LogP contribution in [0.4, 0.5) is 0 Å². The predicted molar refractivity (Wildman–Crippen MR) is 89.5 cm³/mol. The van der Waals surface area contributed by atoms with Crippen molar-refractivity contribution in [1.82, 2.24) is 20.2 Å². The van der Waals surface area contributed by atoms with Crippen LogP contribution in [0, 0.1) is 12.1 Å². The molecular formula is C16H18N4O2SY-2. The maximum absolute atomic E-state index is 12.4. The van der Waals surface area contributed by atoms with Crippen molar-refractivity contribution in [2.45, 2.75) is 20.3 Å². The Bertz CT molecular complexity index is 686. The van der Waals surface area contributed by atoms with E-state index in [1.54, 1.807) is 11.1 Å². The number of nitrogens with one attached hydrogen (secondary N) is 1. The van der Waals surface area contributed by atoms with E-state index in [9.17, 15) is 9.59 Å². The molecule has 6 nitrogen and oxygen atoms in total. The summed E-state index contributed by atoms with van der Waals surface area (Å²) in [6.45, 7) is 8.16. The summed E-state index contributed by atoms with van der Waals surface area (Å²) in [4.78, 5) is 34.1. The fourth-order valence-electron chi connectivity index (χ4n) is 2.18. The molecule has 1 aliphatic rings.